The lowest BCUT2D eigenvalue weighted by molar-refractivity contribution is 0.103. The van der Waals surface area contributed by atoms with Gasteiger partial charge < -0.3 is 4.42 Å². The summed E-state index contributed by atoms with van der Waals surface area (Å²) in [5, 5.41) is 0. The third-order valence-electron chi connectivity index (χ3n) is 3.21. The Morgan fingerprint density at radius 3 is 2.28 bits per heavy atom. The van der Waals surface area contributed by atoms with E-state index < -0.39 is 0 Å². The Morgan fingerprint density at radius 1 is 1.11 bits per heavy atom. The van der Waals surface area contributed by atoms with Gasteiger partial charge in [0.25, 0.3) is 0 Å². The first-order valence-corrected chi connectivity index (χ1v) is 5.79. The summed E-state index contributed by atoms with van der Waals surface area (Å²) in [6.45, 7) is 7.10. The molecule has 0 atom stereocenters. The maximum Gasteiger partial charge on any atom is 0.196 e. The van der Waals surface area contributed by atoms with E-state index in [2.05, 4.69) is 0 Å². The molecule has 0 radical (unpaired) electrons. The van der Waals surface area contributed by atoms with Crippen molar-refractivity contribution in [2.75, 3.05) is 0 Å². The molecule has 0 N–H and O–H groups in total. The molecule has 0 aliphatic rings. The molecule has 2 aromatic rings. The molecule has 0 saturated carbocycles. The fourth-order valence-electron chi connectivity index (χ4n) is 2.06. The summed E-state index contributed by atoms with van der Waals surface area (Å²) >= 11 is 0. The average molecular weight is 246 g/mol. The zero-order chi connectivity index (χ0) is 13.4. The minimum atomic E-state index is -0.302. The van der Waals surface area contributed by atoms with Gasteiger partial charge in [-0.05, 0) is 51.5 Å². The molecule has 0 aliphatic heterocycles. The molecule has 1 heterocycles. The van der Waals surface area contributed by atoms with Crippen molar-refractivity contribution in [1.29, 1.82) is 0 Å². The lowest BCUT2D eigenvalue weighted by Crippen LogP contribution is -2.04. The van der Waals surface area contributed by atoms with Crippen molar-refractivity contribution in [3.8, 4) is 0 Å². The summed E-state index contributed by atoms with van der Waals surface area (Å²) in [4.78, 5) is 12.4. The number of ketones is 1. The Bertz CT molecular complexity index is 624. The van der Waals surface area contributed by atoms with Crippen LogP contribution in [0.2, 0.25) is 0 Å². The fourth-order valence-corrected chi connectivity index (χ4v) is 2.06. The minimum absolute atomic E-state index is 0.120. The second-order valence-electron chi connectivity index (χ2n) is 4.51. The zero-order valence-electron chi connectivity index (χ0n) is 10.9. The molecule has 3 heteroatoms. The topological polar surface area (TPSA) is 30.2 Å². The second kappa shape index (κ2) is 4.41. The molecule has 0 saturated heterocycles. The Kier molecular flexibility index (Phi) is 3.07. The molecule has 0 aliphatic carbocycles. The van der Waals surface area contributed by atoms with Gasteiger partial charge in [-0.1, -0.05) is 0 Å². The van der Waals surface area contributed by atoms with Crippen molar-refractivity contribution in [2.45, 2.75) is 27.7 Å². The first kappa shape index (κ1) is 12.6. The van der Waals surface area contributed by atoms with Crippen molar-refractivity contribution in [3.63, 3.8) is 0 Å². The zero-order valence-corrected chi connectivity index (χ0v) is 10.9. The molecule has 1 aromatic carbocycles. The standard InChI is InChI=1S/C15H15FO2/c1-8-7-12(5-6-13(8)16)15(17)14-9(2)10(3)18-11(14)4/h5-7H,1-4H3. The lowest BCUT2D eigenvalue weighted by Gasteiger charge is -2.03. The Hall–Kier alpha value is -1.90. The number of carbonyl (C=O) groups excluding carboxylic acids is 1. The number of halogens is 1. The third-order valence-corrected chi connectivity index (χ3v) is 3.21. The summed E-state index contributed by atoms with van der Waals surface area (Å²) in [6, 6.07) is 4.39. The summed E-state index contributed by atoms with van der Waals surface area (Å²) in [5.74, 6) is 0.931. The van der Waals surface area contributed by atoms with Crippen LogP contribution in [-0.4, -0.2) is 5.78 Å². The van der Waals surface area contributed by atoms with Gasteiger partial charge in [-0.3, -0.25) is 4.79 Å². The van der Waals surface area contributed by atoms with E-state index in [1.54, 1.807) is 19.9 Å². The second-order valence-corrected chi connectivity index (χ2v) is 4.51. The molecule has 0 fully saturated rings. The van der Waals surface area contributed by atoms with E-state index in [0.29, 0.717) is 22.5 Å². The largest absolute Gasteiger partial charge is 0.466 e. The van der Waals surface area contributed by atoms with Crippen molar-refractivity contribution in [3.05, 3.63) is 57.8 Å². The van der Waals surface area contributed by atoms with Crippen molar-refractivity contribution >= 4 is 5.78 Å². The minimum Gasteiger partial charge on any atom is -0.466 e. The molecule has 94 valence electrons. The Balaban J connectivity index is 2.51. The molecule has 18 heavy (non-hydrogen) atoms. The molecular formula is C15H15FO2. The number of carbonyl (C=O) groups is 1. The van der Waals surface area contributed by atoms with Crippen LogP contribution in [0.1, 0.15) is 38.6 Å². The van der Waals surface area contributed by atoms with Crippen LogP contribution in [0.15, 0.2) is 22.6 Å². The quantitative estimate of drug-likeness (QED) is 0.753. The predicted molar refractivity (Wildman–Crippen MR) is 67.5 cm³/mol. The number of hydrogen-bond acceptors (Lipinski definition) is 2. The fraction of sp³-hybridized carbons (Fsp3) is 0.267. The SMILES string of the molecule is Cc1cc(C(=O)c2c(C)oc(C)c2C)ccc1F. The summed E-state index contributed by atoms with van der Waals surface area (Å²) in [7, 11) is 0. The van der Waals surface area contributed by atoms with Crippen LogP contribution >= 0.6 is 0 Å². The number of benzene rings is 1. The van der Waals surface area contributed by atoms with E-state index >= 15 is 0 Å². The van der Waals surface area contributed by atoms with Gasteiger partial charge in [0.2, 0.25) is 0 Å². The van der Waals surface area contributed by atoms with E-state index in [4.69, 9.17) is 4.42 Å². The lowest BCUT2D eigenvalue weighted by atomic mass is 9.98. The maximum atomic E-state index is 13.2. The highest BCUT2D eigenvalue weighted by Crippen LogP contribution is 2.24. The molecule has 0 unspecified atom stereocenters. The first-order valence-electron chi connectivity index (χ1n) is 5.79. The molecule has 0 bridgehead atoms. The van der Waals surface area contributed by atoms with Crippen LogP contribution in [0.4, 0.5) is 4.39 Å². The Morgan fingerprint density at radius 2 is 1.78 bits per heavy atom. The van der Waals surface area contributed by atoms with Gasteiger partial charge in [-0.25, -0.2) is 4.39 Å². The monoisotopic (exact) mass is 246 g/mol. The van der Waals surface area contributed by atoms with Crippen LogP contribution in [0.25, 0.3) is 0 Å². The molecule has 0 spiro atoms. The summed E-state index contributed by atoms with van der Waals surface area (Å²) in [6.07, 6.45) is 0. The van der Waals surface area contributed by atoms with Crippen LogP contribution in [0.5, 0.6) is 0 Å². The van der Waals surface area contributed by atoms with Crippen molar-refractivity contribution < 1.29 is 13.6 Å². The number of hydrogen-bond donors (Lipinski definition) is 0. The smallest absolute Gasteiger partial charge is 0.196 e. The normalized spacial score (nSPS) is 10.7. The van der Waals surface area contributed by atoms with E-state index in [1.165, 1.54) is 12.1 Å². The highest BCUT2D eigenvalue weighted by atomic mass is 19.1. The molecule has 2 rings (SSSR count). The van der Waals surface area contributed by atoms with Crippen molar-refractivity contribution in [2.24, 2.45) is 0 Å². The van der Waals surface area contributed by atoms with Crippen LogP contribution in [0.3, 0.4) is 0 Å². The third kappa shape index (κ3) is 1.96. The first-order chi connectivity index (χ1) is 8.41. The number of furan rings is 1. The van der Waals surface area contributed by atoms with Crippen LogP contribution in [0, 0.1) is 33.5 Å². The Labute approximate surface area is 105 Å². The number of aryl methyl sites for hydroxylation is 3. The van der Waals surface area contributed by atoms with Gasteiger partial charge in [0, 0.05) is 11.1 Å². The van der Waals surface area contributed by atoms with E-state index in [9.17, 15) is 9.18 Å². The summed E-state index contributed by atoms with van der Waals surface area (Å²) in [5.41, 5.74) is 2.38. The molecular weight excluding hydrogens is 231 g/mol. The van der Waals surface area contributed by atoms with Gasteiger partial charge in [-0.15, -0.1) is 0 Å². The van der Waals surface area contributed by atoms with E-state index in [1.807, 2.05) is 13.8 Å². The van der Waals surface area contributed by atoms with Crippen molar-refractivity contribution in [1.82, 2.24) is 0 Å². The van der Waals surface area contributed by atoms with E-state index in [-0.39, 0.29) is 11.6 Å². The van der Waals surface area contributed by atoms with Crippen LogP contribution < -0.4 is 0 Å². The highest BCUT2D eigenvalue weighted by molar-refractivity contribution is 6.10. The highest BCUT2D eigenvalue weighted by Gasteiger charge is 2.20. The molecule has 1 aromatic heterocycles. The average Bonchev–Trinajstić information content (AvgIpc) is 2.56. The van der Waals surface area contributed by atoms with Gasteiger partial charge in [0.05, 0.1) is 5.56 Å². The summed E-state index contributed by atoms with van der Waals surface area (Å²) < 4.78 is 18.6. The molecule has 0 amide bonds. The maximum absolute atomic E-state index is 13.2. The predicted octanol–water partition coefficient (Wildman–Crippen LogP) is 3.88. The van der Waals surface area contributed by atoms with Gasteiger partial charge in [0.1, 0.15) is 17.3 Å². The van der Waals surface area contributed by atoms with Crippen LogP contribution in [-0.2, 0) is 0 Å². The number of rotatable bonds is 2. The van der Waals surface area contributed by atoms with Gasteiger partial charge in [0.15, 0.2) is 5.78 Å². The molecule has 2 nitrogen and oxygen atoms in total. The van der Waals surface area contributed by atoms with Gasteiger partial charge in [-0.2, -0.15) is 0 Å². The van der Waals surface area contributed by atoms with E-state index in [0.717, 1.165) is 11.3 Å². The van der Waals surface area contributed by atoms with Gasteiger partial charge >= 0.3 is 0 Å².